The van der Waals surface area contributed by atoms with Gasteiger partial charge in [0.15, 0.2) is 0 Å². The van der Waals surface area contributed by atoms with Gasteiger partial charge in [-0.2, -0.15) is 0 Å². The molecule has 4 nitrogen and oxygen atoms in total. The molecule has 1 N–H and O–H groups in total. The van der Waals surface area contributed by atoms with Crippen molar-refractivity contribution in [2.75, 3.05) is 16.0 Å². The fourth-order valence-electron chi connectivity index (χ4n) is 2.80. The first kappa shape index (κ1) is 16.6. The van der Waals surface area contributed by atoms with E-state index in [9.17, 15) is 9.59 Å². The van der Waals surface area contributed by atoms with Crippen LogP contribution in [0.5, 0.6) is 0 Å². The molecule has 1 saturated heterocycles. The first-order valence-corrected chi connectivity index (χ1v) is 8.89. The highest BCUT2D eigenvalue weighted by Gasteiger charge is 2.34. The minimum absolute atomic E-state index is 0.0756. The first-order valence-electron chi connectivity index (χ1n) is 7.84. The van der Waals surface area contributed by atoms with Crippen LogP contribution in [0.15, 0.2) is 42.5 Å². The molecule has 1 atom stereocenters. The standard InChI is InChI=1S/C19H20N2O2S/c1-12-7-8-17(9-13(12)2)21-18(23)11-24-19(21)15-5-4-6-16(10-15)20-14(3)22/h4-10,19H,11H2,1-3H3,(H,20,22). The lowest BCUT2D eigenvalue weighted by atomic mass is 10.1. The van der Waals surface area contributed by atoms with Gasteiger partial charge in [0.25, 0.3) is 0 Å². The summed E-state index contributed by atoms with van der Waals surface area (Å²) in [7, 11) is 0. The third-order valence-electron chi connectivity index (χ3n) is 4.13. The second-order valence-electron chi connectivity index (χ2n) is 6.00. The Morgan fingerprint density at radius 2 is 1.96 bits per heavy atom. The zero-order valence-corrected chi connectivity index (χ0v) is 14.8. The molecule has 0 bridgehead atoms. The molecule has 1 unspecified atom stereocenters. The SMILES string of the molecule is CC(=O)Nc1cccc(C2SCC(=O)N2c2ccc(C)c(C)c2)c1. The van der Waals surface area contributed by atoms with E-state index in [1.165, 1.54) is 18.1 Å². The van der Waals surface area contributed by atoms with Crippen molar-refractivity contribution < 1.29 is 9.59 Å². The first-order chi connectivity index (χ1) is 11.5. The highest BCUT2D eigenvalue weighted by molar-refractivity contribution is 8.00. The van der Waals surface area contributed by atoms with Gasteiger partial charge in [-0.1, -0.05) is 18.2 Å². The second kappa shape index (κ2) is 6.69. The van der Waals surface area contributed by atoms with Gasteiger partial charge in [0, 0.05) is 18.3 Å². The van der Waals surface area contributed by atoms with E-state index in [-0.39, 0.29) is 17.2 Å². The van der Waals surface area contributed by atoms with Gasteiger partial charge in [0.05, 0.1) is 5.75 Å². The van der Waals surface area contributed by atoms with Crippen LogP contribution >= 0.6 is 11.8 Å². The van der Waals surface area contributed by atoms with E-state index >= 15 is 0 Å². The predicted molar refractivity (Wildman–Crippen MR) is 99.3 cm³/mol. The van der Waals surface area contributed by atoms with Crippen LogP contribution in [0.2, 0.25) is 0 Å². The van der Waals surface area contributed by atoms with Crippen LogP contribution in [0.4, 0.5) is 11.4 Å². The van der Waals surface area contributed by atoms with Crippen molar-refractivity contribution in [2.24, 2.45) is 0 Å². The van der Waals surface area contributed by atoms with Gasteiger partial charge in [-0.25, -0.2) is 0 Å². The number of benzene rings is 2. The lowest BCUT2D eigenvalue weighted by Gasteiger charge is -2.25. The lowest BCUT2D eigenvalue weighted by Crippen LogP contribution is -2.28. The number of amides is 2. The molecule has 0 saturated carbocycles. The molecule has 3 rings (SSSR count). The van der Waals surface area contributed by atoms with Crippen molar-refractivity contribution in [3.8, 4) is 0 Å². The Morgan fingerprint density at radius 3 is 2.67 bits per heavy atom. The smallest absolute Gasteiger partial charge is 0.238 e. The van der Waals surface area contributed by atoms with Crippen LogP contribution in [0, 0.1) is 13.8 Å². The van der Waals surface area contributed by atoms with Crippen LogP contribution in [-0.4, -0.2) is 17.6 Å². The number of anilines is 2. The normalized spacial score (nSPS) is 17.2. The number of carbonyl (C=O) groups excluding carboxylic acids is 2. The number of carbonyl (C=O) groups is 2. The molecule has 0 aromatic heterocycles. The maximum Gasteiger partial charge on any atom is 0.238 e. The molecule has 1 aliphatic heterocycles. The minimum atomic E-state index is -0.103. The molecule has 24 heavy (non-hydrogen) atoms. The van der Waals surface area contributed by atoms with E-state index < -0.39 is 0 Å². The Labute approximate surface area is 146 Å². The largest absolute Gasteiger partial charge is 0.326 e. The van der Waals surface area contributed by atoms with E-state index in [2.05, 4.69) is 25.2 Å². The van der Waals surface area contributed by atoms with Crippen molar-refractivity contribution in [1.29, 1.82) is 0 Å². The summed E-state index contributed by atoms with van der Waals surface area (Å²) < 4.78 is 0. The Kier molecular flexibility index (Phi) is 4.62. The summed E-state index contributed by atoms with van der Waals surface area (Å²) in [6, 6.07) is 13.8. The number of aryl methyl sites for hydroxylation is 2. The molecular formula is C19H20N2O2S. The summed E-state index contributed by atoms with van der Waals surface area (Å²) in [5, 5.41) is 2.72. The number of rotatable bonds is 3. The van der Waals surface area contributed by atoms with Gasteiger partial charge in [-0.3, -0.25) is 14.5 Å². The molecule has 2 amide bonds. The molecule has 1 heterocycles. The monoisotopic (exact) mass is 340 g/mol. The quantitative estimate of drug-likeness (QED) is 0.917. The zero-order chi connectivity index (χ0) is 17.3. The van der Waals surface area contributed by atoms with Gasteiger partial charge in [0.1, 0.15) is 5.37 Å². The molecular weight excluding hydrogens is 320 g/mol. The fraction of sp³-hybridized carbons (Fsp3) is 0.263. The predicted octanol–water partition coefficient (Wildman–Crippen LogP) is 4.04. The molecule has 0 radical (unpaired) electrons. The maximum absolute atomic E-state index is 12.5. The average Bonchev–Trinajstić information content (AvgIpc) is 2.91. The van der Waals surface area contributed by atoms with Crippen molar-refractivity contribution in [3.63, 3.8) is 0 Å². The number of hydrogen-bond donors (Lipinski definition) is 1. The lowest BCUT2D eigenvalue weighted by molar-refractivity contribution is -0.116. The molecule has 0 spiro atoms. The summed E-state index contributed by atoms with van der Waals surface area (Å²) in [5.74, 6) is 0.466. The number of hydrogen-bond acceptors (Lipinski definition) is 3. The molecule has 2 aromatic rings. The van der Waals surface area contributed by atoms with Gasteiger partial charge < -0.3 is 5.32 Å². The highest BCUT2D eigenvalue weighted by atomic mass is 32.2. The fourth-order valence-corrected chi connectivity index (χ4v) is 3.97. The third kappa shape index (κ3) is 3.31. The maximum atomic E-state index is 12.5. The van der Waals surface area contributed by atoms with Gasteiger partial charge >= 0.3 is 0 Å². The minimum Gasteiger partial charge on any atom is -0.326 e. The summed E-state index contributed by atoms with van der Waals surface area (Å²) >= 11 is 1.61. The Morgan fingerprint density at radius 1 is 1.17 bits per heavy atom. The van der Waals surface area contributed by atoms with Crippen LogP contribution in [0.25, 0.3) is 0 Å². The van der Waals surface area contributed by atoms with E-state index in [1.54, 1.807) is 11.8 Å². The van der Waals surface area contributed by atoms with Crippen molar-refractivity contribution >= 4 is 35.0 Å². The van der Waals surface area contributed by atoms with Gasteiger partial charge in [-0.05, 0) is 54.8 Å². The van der Waals surface area contributed by atoms with Gasteiger partial charge in [-0.15, -0.1) is 11.8 Å². The van der Waals surface area contributed by atoms with Crippen LogP contribution in [-0.2, 0) is 9.59 Å². The van der Waals surface area contributed by atoms with E-state index in [0.717, 1.165) is 16.9 Å². The topological polar surface area (TPSA) is 49.4 Å². The Hall–Kier alpha value is -2.27. The summed E-state index contributed by atoms with van der Waals surface area (Å²) in [6.45, 7) is 5.61. The van der Waals surface area contributed by atoms with Crippen molar-refractivity contribution in [3.05, 3.63) is 59.2 Å². The number of nitrogens with zero attached hydrogens (tertiary/aromatic N) is 1. The Bertz CT molecular complexity index is 804. The molecule has 2 aromatic carbocycles. The molecule has 1 aliphatic rings. The van der Waals surface area contributed by atoms with E-state index in [4.69, 9.17) is 0 Å². The van der Waals surface area contributed by atoms with Crippen molar-refractivity contribution in [1.82, 2.24) is 0 Å². The molecule has 124 valence electrons. The Balaban J connectivity index is 1.96. The molecule has 5 heteroatoms. The average molecular weight is 340 g/mol. The second-order valence-corrected chi connectivity index (χ2v) is 7.07. The number of thioether (sulfide) groups is 1. The summed E-state index contributed by atoms with van der Waals surface area (Å²) in [4.78, 5) is 25.6. The summed E-state index contributed by atoms with van der Waals surface area (Å²) in [5.41, 5.74) is 5.06. The van der Waals surface area contributed by atoms with E-state index in [0.29, 0.717) is 5.75 Å². The van der Waals surface area contributed by atoms with Crippen LogP contribution < -0.4 is 10.2 Å². The van der Waals surface area contributed by atoms with E-state index in [1.807, 2.05) is 41.3 Å². The summed E-state index contributed by atoms with van der Waals surface area (Å²) in [6.07, 6.45) is 0. The highest BCUT2D eigenvalue weighted by Crippen LogP contribution is 2.42. The van der Waals surface area contributed by atoms with Crippen LogP contribution in [0.1, 0.15) is 29.0 Å². The van der Waals surface area contributed by atoms with Gasteiger partial charge in [0.2, 0.25) is 11.8 Å². The molecule has 0 aliphatic carbocycles. The number of nitrogens with one attached hydrogen (secondary N) is 1. The zero-order valence-electron chi connectivity index (χ0n) is 14.0. The van der Waals surface area contributed by atoms with Crippen LogP contribution in [0.3, 0.4) is 0 Å². The van der Waals surface area contributed by atoms with Crippen molar-refractivity contribution in [2.45, 2.75) is 26.1 Å². The molecule has 1 fully saturated rings. The third-order valence-corrected chi connectivity index (χ3v) is 5.34.